The normalized spacial score (nSPS) is 24.0. The first-order valence-electron chi connectivity index (χ1n) is 26.9. The molecule has 3 saturated heterocycles. The number of amides is 8. The molecule has 6 aliphatic rings. The molecule has 7 N–H and O–H groups in total. The van der Waals surface area contributed by atoms with E-state index in [2.05, 4.69) is 26.2 Å². The number of nitrogens with zero attached hydrogens (tertiary/aromatic N) is 4. The van der Waals surface area contributed by atoms with Gasteiger partial charge in [-0.25, -0.2) is 4.79 Å². The Hall–Kier alpha value is -8.38. The quantitative estimate of drug-likeness (QED) is 0.0413. The molecule has 8 amide bonds. The van der Waals surface area contributed by atoms with E-state index in [0.29, 0.717) is 18.7 Å². The molecule has 3 aromatic rings. The van der Waals surface area contributed by atoms with Gasteiger partial charge >= 0.3 is 6.09 Å². The van der Waals surface area contributed by atoms with Crippen LogP contribution in [0.25, 0.3) is 0 Å². The Kier molecular flexibility index (Phi) is 18.1. The lowest BCUT2D eigenvalue weighted by Crippen LogP contribution is -2.55. The van der Waals surface area contributed by atoms with Crippen molar-refractivity contribution in [2.45, 2.75) is 87.9 Å². The van der Waals surface area contributed by atoms with Crippen LogP contribution in [-0.4, -0.2) is 217 Å². The van der Waals surface area contributed by atoms with Crippen molar-refractivity contribution in [2.24, 2.45) is 0 Å². The maximum Gasteiger partial charge on any atom is 0.415 e. The van der Waals surface area contributed by atoms with Gasteiger partial charge in [-0.3, -0.25) is 53.0 Å². The minimum absolute atomic E-state index is 0.0199. The summed E-state index contributed by atoms with van der Waals surface area (Å²) in [7, 11) is 5.73. The Morgan fingerprint density at radius 3 is 2.15 bits per heavy atom. The number of nitrogens with one attached hydrogen (secondary N) is 4. The first-order valence-corrected chi connectivity index (χ1v) is 26.9. The number of imide groups is 1. The van der Waals surface area contributed by atoms with E-state index >= 15 is 0 Å². The molecule has 0 radical (unpaired) electrons. The Balaban J connectivity index is 0.780. The van der Waals surface area contributed by atoms with Gasteiger partial charge in [-0.05, 0) is 30.7 Å². The summed E-state index contributed by atoms with van der Waals surface area (Å²) in [4.78, 5) is 134. The maximum atomic E-state index is 14.3. The number of ketones is 2. The molecule has 2 aliphatic carbocycles. The molecule has 8 atom stereocenters. The molecule has 28 heteroatoms. The molecule has 4 heterocycles. The number of aliphatic hydroxyl groups is 1. The van der Waals surface area contributed by atoms with Crippen molar-refractivity contribution in [1.29, 1.82) is 0 Å². The highest BCUT2D eigenvalue weighted by molar-refractivity contribution is 6.31. The van der Waals surface area contributed by atoms with Gasteiger partial charge in [-0.15, -0.1) is 0 Å². The fraction of sp³-hybridized carbons (Fsp3) is 0.464. The Morgan fingerprint density at radius 2 is 1.46 bits per heavy atom. The van der Waals surface area contributed by atoms with Crippen LogP contribution in [-0.2, 0) is 70.2 Å². The predicted molar refractivity (Wildman–Crippen MR) is 286 cm³/mol. The van der Waals surface area contributed by atoms with E-state index in [0.717, 1.165) is 17.1 Å². The third kappa shape index (κ3) is 12.4. The van der Waals surface area contributed by atoms with Crippen LogP contribution in [0.2, 0.25) is 0 Å². The lowest BCUT2D eigenvalue weighted by atomic mass is 9.72. The van der Waals surface area contributed by atoms with Gasteiger partial charge < -0.3 is 79.5 Å². The van der Waals surface area contributed by atoms with Gasteiger partial charge in [-0.1, -0.05) is 24.3 Å². The van der Waals surface area contributed by atoms with Crippen LogP contribution < -0.4 is 30.7 Å². The largest absolute Gasteiger partial charge is 0.507 e. The van der Waals surface area contributed by atoms with Crippen molar-refractivity contribution in [3.8, 4) is 23.0 Å². The third-order valence-electron chi connectivity index (χ3n) is 15.5. The summed E-state index contributed by atoms with van der Waals surface area (Å²) in [6.07, 6.45) is -4.33. The summed E-state index contributed by atoms with van der Waals surface area (Å²) in [5.41, 5.74) is -3.34. The standard InChI is InChI=1S/C56H64N8O20/c1-28-51-33(63-19-20-80-53(79-5)52(63)84-51)21-42(81-28)83-35-23-56(77,22-32-44(35)50(74)46-45(48(32)72)47(71)31-7-6-8-34(78-4)43(31)49(46)73)54(75)60-24-29-9-11-30(12-10-29)82-55(76)62(3)18-17-61(2)41(70)27-59-38(67)26-58-37(66)25-57-36(65)15-16-64-39(68)13-14-40(64)69/h6-14,28,33,35,42,51-53,72,74,77H,15-27H2,1-5H3,(H,57,65)(H,58,66)(H,59,67)(H,60,75)/t28-,33-,35-,42-,51+,52+,53-,56-/m0/s1. The lowest BCUT2D eigenvalue weighted by Gasteiger charge is -2.43. The summed E-state index contributed by atoms with van der Waals surface area (Å²) in [5.74, 6) is -7.30. The van der Waals surface area contributed by atoms with Gasteiger partial charge in [-0.2, -0.15) is 0 Å². The van der Waals surface area contributed by atoms with Crippen molar-refractivity contribution in [1.82, 2.24) is 40.9 Å². The van der Waals surface area contributed by atoms with Crippen molar-refractivity contribution >= 4 is 59.0 Å². The molecule has 3 aromatic carbocycles. The SMILES string of the molecule is COc1cccc2c1C(=O)c1c(O)c3c(c(O)c1C2=O)C[C@@](O)(C(=O)NCc1ccc(OC(=O)N(C)CCN(C)C(=O)CNC(=O)CNC(=O)CNC(=O)CCN2C(=O)C=CC2=O)cc1)C[C@@H]3O[C@H]1C[C@H]2[C@H](O[C@@H]3[C@@H](OC)OCCN32)[C@H](C)O1. The van der Waals surface area contributed by atoms with E-state index in [1.165, 1.54) is 68.4 Å². The molecule has 448 valence electrons. The molecular formula is C56H64N8O20. The average molecular weight is 1170 g/mol. The second-order valence-electron chi connectivity index (χ2n) is 20.9. The molecule has 28 nitrogen and oxygen atoms in total. The van der Waals surface area contributed by atoms with E-state index in [1.807, 2.05) is 0 Å². The molecule has 0 spiro atoms. The van der Waals surface area contributed by atoms with Crippen molar-refractivity contribution in [2.75, 3.05) is 80.7 Å². The second kappa shape index (κ2) is 25.2. The fourth-order valence-corrected chi connectivity index (χ4v) is 11.0. The van der Waals surface area contributed by atoms with Gasteiger partial charge in [0.15, 0.2) is 24.6 Å². The number of aromatic hydroxyl groups is 2. The first-order chi connectivity index (χ1) is 40.1. The molecule has 4 aliphatic heterocycles. The highest BCUT2D eigenvalue weighted by Gasteiger charge is 2.55. The highest BCUT2D eigenvalue weighted by atomic mass is 16.7. The Bertz CT molecular complexity index is 3170. The van der Waals surface area contributed by atoms with Crippen LogP contribution in [0.15, 0.2) is 54.6 Å². The summed E-state index contributed by atoms with van der Waals surface area (Å²) < 4.78 is 41.6. The first kappa shape index (κ1) is 60.2. The molecule has 84 heavy (non-hydrogen) atoms. The van der Waals surface area contributed by atoms with Crippen LogP contribution in [0.3, 0.4) is 0 Å². The molecule has 0 aromatic heterocycles. The fourth-order valence-electron chi connectivity index (χ4n) is 11.0. The van der Waals surface area contributed by atoms with Gasteiger partial charge in [0.1, 0.15) is 34.7 Å². The van der Waals surface area contributed by atoms with E-state index < -0.39 is 157 Å². The van der Waals surface area contributed by atoms with Crippen LogP contribution in [0.5, 0.6) is 23.0 Å². The Labute approximate surface area is 480 Å². The number of rotatable bonds is 20. The summed E-state index contributed by atoms with van der Waals surface area (Å²) in [6, 6.07) is 10.2. The maximum absolute atomic E-state index is 14.3. The lowest BCUT2D eigenvalue weighted by molar-refractivity contribution is -0.256. The molecule has 0 unspecified atom stereocenters. The number of fused-ring (bicyclic) bond motifs is 6. The zero-order valence-corrected chi connectivity index (χ0v) is 46.5. The Morgan fingerprint density at radius 1 is 0.798 bits per heavy atom. The topological polar surface area (TPSA) is 357 Å². The average Bonchev–Trinajstić information content (AvgIpc) is 0.993. The van der Waals surface area contributed by atoms with Crippen LogP contribution >= 0.6 is 0 Å². The number of ether oxygens (including phenoxy) is 7. The minimum Gasteiger partial charge on any atom is -0.507 e. The predicted octanol–water partition coefficient (Wildman–Crippen LogP) is -0.981. The minimum atomic E-state index is -2.35. The number of likely N-dealkylation sites (N-methyl/N-ethyl adjacent to an activating group) is 2. The van der Waals surface area contributed by atoms with Crippen molar-refractivity contribution < 1.29 is 96.4 Å². The van der Waals surface area contributed by atoms with E-state index in [1.54, 1.807) is 19.1 Å². The van der Waals surface area contributed by atoms with Gasteiger partial charge in [0.05, 0.1) is 62.2 Å². The van der Waals surface area contributed by atoms with Gasteiger partial charge in [0, 0.05) is 114 Å². The summed E-state index contributed by atoms with van der Waals surface area (Å²) in [6.45, 7) is 1.03. The number of methoxy groups -OCH3 is 2. The number of hydrogen-bond donors (Lipinski definition) is 7. The van der Waals surface area contributed by atoms with Crippen molar-refractivity contribution in [3.63, 3.8) is 0 Å². The number of phenols is 2. The van der Waals surface area contributed by atoms with Crippen LogP contribution in [0, 0.1) is 0 Å². The molecule has 0 bridgehead atoms. The highest BCUT2D eigenvalue weighted by Crippen LogP contribution is 2.53. The molecule has 9 rings (SSSR count). The number of morpholine rings is 1. The van der Waals surface area contributed by atoms with E-state index in [9.17, 15) is 63.3 Å². The van der Waals surface area contributed by atoms with E-state index in [-0.39, 0.29) is 78.8 Å². The number of phenolic OH excluding ortho intramolecular Hbond substituents is 2. The monoisotopic (exact) mass is 1170 g/mol. The smallest absolute Gasteiger partial charge is 0.415 e. The van der Waals surface area contributed by atoms with Crippen molar-refractivity contribution in [3.05, 3.63) is 93.6 Å². The number of carbonyl (C=O) groups is 10. The summed E-state index contributed by atoms with van der Waals surface area (Å²) >= 11 is 0. The second-order valence-corrected chi connectivity index (χ2v) is 20.9. The molecular weight excluding hydrogens is 1100 g/mol. The van der Waals surface area contributed by atoms with Crippen LogP contribution in [0.4, 0.5) is 4.79 Å². The van der Waals surface area contributed by atoms with Gasteiger partial charge in [0.25, 0.3) is 17.7 Å². The van der Waals surface area contributed by atoms with E-state index in [4.69, 9.17) is 33.2 Å². The third-order valence-corrected chi connectivity index (χ3v) is 15.5. The zero-order chi connectivity index (χ0) is 60.3. The number of benzene rings is 3. The summed E-state index contributed by atoms with van der Waals surface area (Å²) in [5, 5.41) is 46.4. The zero-order valence-electron chi connectivity index (χ0n) is 46.5. The van der Waals surface area contributed by atoms with Gasteiger partial charge in [0.2, 0.25) is 29.4 Å². The molecule has 0 saturated carbocycles. The molecule has 3 fully saturated rings. The number of carbonyl (C=O) groups excluding carboxylic acids is 10. The van der Waals surface area contributed by atoms with Crippen LogP contribution in [0.1, 0.15) is 80.8 Å². The number of hydrogen-bond acceptors (Lipinski definition) is 21.